The third-order valence-electron chi connectivity index (χ3n) is 2.49. The Balaban J connectivity index is 2.71. The number of hydrogen-bond donors (Lipinski definition) is 1. The molecule has 15 heavy (non-hydrogen) atoms. The van der Waals surface area contributed by atoms with Crippen LogP contribution in [-0.2, 0) is 0 Å². The van der Waals surface area contributed by atoms with E-state index in [9.17, 15) is 0 Å². The van der Waals surface area contributed by atoms with Gasteiger partial charge in [0.05, 0.1) is 11.7 Å². The molecule has 2 aromatic heterocycles. The smallest absolute Gasteiger partial charge is 0.0909 e. The summed E-state index contributed by atoms with van der Waals surface area (Å²) in [5.74, 6) is 0.432. The molecule has 0 unspecified atom stereocenters. The lowest BCUT2D eigenvalue weighted by molar-refractivity contribution is 0.830. The summed E-state index contributed by atoms with van der Waals surface area (Å²) in [4.78, 5) is 8.68. The highest BCUT2D eigenvalue weighted by molar-refractivity contribution is 5.90. The van der Waals surface area contributed by atoms with Crippen LogP contribution < -0.4 is 5.32 Å². The van der Waals surface area contributed by atoms with Crippen molar-refractivity contribution in [3.05, 3.63) is 30.2 Å². The molecule has 1 N–H and O–H groups in total. The van der Waals surface area contributed by atoms with Crippen molar-refractivity contribution in [3.8, 4) is 0 Å². The van der Waals surface area contributed by atoms with E-state index in [0.29, 0.717) is 5.92 Å². The second-order valence-electron chi connectivity index (χ2n) is 3.89. The molecule has 0 spiro atoms. The van der Waals surface area contributed by atoms with E-state index in [1.54, 1.807) is 6.20 Å². The van der Waals surface area contributed by atoms with Gasteiger partial charge in [0.2, 0.25) is 0 Å². The van der Waals surface area contributed by atoms with Crippen molar-refractivity contribution < 1.29 is 0 Å². The van der Waals surface area contributed by atoms with Crippen molar-refractivity contribution in [2.45, 2.75) is 19.8 Å². The van der Waals surface area contributed by atoms with Gasteiger partial charge in [-0.25, -0.2) is 0 Å². The lowest BCUT2D eigenvalue weighted by Crippen LogP contribution is -1.98. The fraction of sp³-hybridized carbons (Fsp3) is 0.333. The average molecular weight is 201 g/mol. The van der Waals surface area contributed by atoms with Gasteiger partial charge in [-0.15, -0.1) is 0 Å². The van der Waals surface area contributed by atoms with Crippen LogP contribution in [0.25, 0.3) is 10.9 Å². The quantitative estimate of drug-likeness (QED) is 0.811. The highest BCUT2D eigenvalue weighted by atomic mass is 14.8. The molecule has 0 aromatic carbocycles. The number of rotatable bonds is 2. The third kappa shape index (κ3) is 1.77. The van der Waals surface area contributed by atoms with E-state index in [1.165, 1.54) is 0 Å². The number of nitrogens with one attached hydrogen (secondary N) is 1. The maximum absolute atomic E-state index is 4.58. The lowest BCUT2D eigenvalue weighted by Gasteiger charge is -2.10. The normalized spacial score (nSPS) is 10.9. The van der Waals surface area contributed by atoms with Crippen LogP contribution in [0.1, 0.15) is 25.5 Å². The summed E-state index contributed by atoms with van der Waals surface area (Å²) in [7, 11) is 1.93. The molecular formula is C12H15N3. The fourth-order valence-corrected chi connectivity index (χ4v) is 1.60. The van der Waals surface area contributed by atoms with Gasteiger partial charge in [-0.3, -0.25) is 9.97 Å². The standard InChI is InChI=1S/C12H15N3/c1-8(2)10-6-11(13-3)9-4-5-14-7-12(9)15-10/h4-8H,1-3H3,(H,13,15). The van der Waals surface area contributed by atoms with Gasteiger partial charge in [-0.05, 0) is 18.1 Å². The predicted molar refractivity (Wildman–Crippen MR) is 63.2 cm³/mol. The highest BCUT2D eigenvalue weighted by Gasteiger charge is 2.06. The summed E-state index contributed by atoms with van der Waals surface area (Å²) >= 11 is 0. The summed E-state index contributed by atoms with van der Waals surface area (Å²) in [6, 6.07) is 4.09. The van der Waals surface area contributed by atoms with E-state index in [1.807, 2.05) is 19.3 Å². The number of anilines is 1. The summed E-state index contributed by atoms with van der Waals surface area (Å²) in [5.41, 5.74) is 3.17. The molecule has 2 heterocycles. The highest BCUT2D eigenvalue weighted by Crippen LogP contribution is 2.24. The maximum Gasteiger partial charge on any atom is 0.0909 e. The number of fused-ring (bicyclic) bond motifs is 1. The van der Waals surface area contributed by atoms with Gasteiger partial charge in [0.15, 0.2) is 0 Å². The summed E-state index contributed by atoms with van der Waals surface area (Å²) in [5, 5.41) is 4.32. The van der Waals surface area contributed by atoms with Crippen LogP contribution >= 0.6 is 0 Å². The van der Waals surface area contributed by atoms with Crippen LogP contribution in [0.3, 0.4) is 0 Å². The Bertz CT molecular complexity index is 477. The summed E-state index contributed by atoms with van der Waals surface area (Å²) < 4.78 is 0. The largest absolute Gasteiger partial charge is 0.388 e. The van der Waals surface area contributed by atoms with Crippen LogP contribution in [0.15, 0.2) is 24.5 Å². The topological polar surface area (TPSA) is 37.8 Å². The van der Waals surface area contributed by atoms with E-state index in [2.05, 4.69) is 35.2 Å². The van der Waals surface area contributed by atoms with Crippen molar-refractivity contribution in [1.82, 2.24) is 9.97 Å². The van der Waals surface area contributed by atoms with Crippen molar-refractivity contribution in [1.29, 1.82) is 0 Å². The zero-order valence-electron chi connectivity index (χ0n) is 9.28. The minimum Gasteiger partial charge on any atom is -0.388 e. The van der Waals surface area contributed by atoms with Gasteiger partial charge < -0.3 is 5.32 Å². The number of aromatic nitrogens is 2. The first-order valence-corrected chi connectivity index (χ1v) is 5.15. The average Bonchev–Trinajstić information content (AvgIpc) is 2.27. The van der Waals surface area contributed by atoms with E-state index in [4.69, 9.17) is 0 Å². The molecule has 0 radical (unpaired) electrons. The number of nitrogens with zero attached hydrogens (tertiary/aromatic N) is 2. The minimum absolute atomic E-state index is 0.432. The monoisotopic (exact) mass is 201 g/mol. The molecule has 0 aliphatic rings. The Labute approximate surface area is 89.6 Å². The van der Waals surface area contributed by atoms with Gasteiger partial charge in [-0.1, -0.05) is 13.8 Å². The summed E-state index contributed by atoms with van der Waals surface area (Å²) in [6.07, 6.45) is 3.60. The van der Waals surface area contributed by atoms with E-state index in [-0.39, 0.29) is 0 Å². The van der Waals surface area contributed by atoms with Gasteiger partial charge in [0.25, 0.3) is 0 Å². The molecule has 0 aliphatic heterocycles. The van der Waals surface area contributed by atoms with Gasteiger partial charge in [0.1, 0.15) is 0 Å². The van der Waals surface area contributed by atoms with Crippen LogP contribution in [-0.4, -0.2) is 17.0 Å². The molecule has 3 heteroatoms. The molecule has 0 saturated heterocycles. The van der Waals surface area contributed by atoms with E-state index in [0.717, 1.165) is 22.3 Å². The van der Waals surface area contributed by atoms with Crippen molar-refractivity contribution in [2.24, 2.45) is 0 Å². The molecule has 0 amide bonds. The summed E-state index contributed by atoms with van der Waals surface area (Å²) in [6.45, 7) is 4.29. The molecule has 0 saturated carbocycles. The van der Waals surface area contributed by atoms with Gasteiger partial charge in [0, 0.05) is 30.0 Å². The first kappa shape index (κ1) is 9.90. The van der Waals surface area contributed by atoms with E-state index >= 15 is 0 Å². The lowest BCUT2D eigenvalue weighted by atomic mass is 10.1. The first-order chi connectivity index (χ1) is 7.22. The second kappa shape index (κ2) is 3.85. The third-order valence-corrected chi connectivity index (χ3v) is 2.49. The molecule has 0 aliphatic carbocycles. The molecule has 3 nitrogen and oxygen atoms in total. The van der Waals surface area contributed by atoms with Gasteiger partial charge in [-0.2, -0.15) is 0 Å². The molecule has 2 aromatic rings. The van der Waals surface area contributed by atoms with Crippen molar-refractivity contribution in [2.75, 3.05) is 12.4 Å². The maximum atomic E-state index is 4.58. The SMILES string of the molecule is CNc1cc(C(C)C)nc2cnccc12. The van der Waals surface area contributed by atoms with Crippen LogP contribution in [0, 0.1) is 0 Å². The Hall–Kier alpha value is -1.64. The molecule has 0 atom stereocenters. The van der Waals surface area contributed by atoms with E-state index < -0.39 is 0 Å². The minimum atomic E-state index is 0.432. The van der Waals surface area contributed by atoms with Crippen molar-refractivity contribution >= 4 is 16.6 Å². The van der Waals surface area contributed by atoms with Crippen molar-refractivity contribution in [3.63, 3.8) is 0 Å². The van der Waals surface area contributed by atoms with Gasteiger partial charge >= 0.3 is 0 Å². The molecular weight excluding hydrogens is 186 g/mol. The number of hydrogen-bond acceptors (Lipinski definition) is 3. The predicted octanol–water partition coefficient (Wildman–Crippen LogP) is 2.79. The van der Waals surface area contributed by atoms with Crippen LogP contribution in [0.5, 0.6) is 0 Å². The number of pyridine rings is 2. The molecule has 0 fully saturated rings. The van der Waals surface area contributed by atoms with Crippen LogP contribution in [0.4, 0.5) is 5.69 Å². The zero-order chi connectivity index (χ0) is 10.8. The zero-order valence-corrected chi connectivity index (χ0v) is 9.28. The second-order valence-corrected chi connectivity index (χ2v) is 3.89. The Morgan fingerprint density at radius 1 is 1.33 bits per heavy atom. The molecule has 0 bridgehead atoms. The Kier molecular flexibility index (Phi) is 2.54. The van der Waals surface area contributed by atoms with Crippen LogP contribution in [0.2, 0.25) is 0 Å². The molecule has 2 rings (SSSR count). The Morgan fingerprint density at radius 2 is 2.13 bits per heavy atom. The first-order valence-electron chi connectivity index (χ1n) is 5.15. The fourth-order valence-electron chi connectivity index (χ4n) is 1.60. The Morgan fingerprint density at radius 3 is 2.80 bits per heavy atom. The molecule has 78 valence electrons.